The molecule has 110 valence electrons. The van der Waals surface area contributed by atoms with Crippen LogP contribution in [0.2, 0.25) is 0 Å². The first kappa shape index (κ1) is 14.8. The third-order valence-corrected chi connectivity index (χ3v) is 3.47. The van der Waals surface area contributed by atoms with Gasteiger partial charge in [0.25, 0.3) is 0 Å². The lowest BCUT2D eigenvalue weighted by Crippen LogP contribution is -2.30. The zero-order chi connectivity index (χ0) is 14.5. The highest BCUT2D eigenvalue weighted by atomic mass is 16.3. The summed E-state index contributed by atoms with van der Waals surface area (Å²) in [5.74, 6) is 0.990. The topological polar surface area (TPSA) is 46.2 Å². The van der Waals surface area contributed by atoms with Gasteiger partial charge in [-0.1, -0.05) is 6.92 Å². The third kappa shape index (κ3) is 3.49. The summed E-state index contributed by atoms with van der Waals surface area (Å²) in [6, 6.07) is 4.20. The number of aromatic nitrogens is 2. The summed E-state index contributed by atoms with van der Waals surface area (Å²) in [6.45, 7) is 3.82. The first-order valence-electron chi connectivity index (χ1n) is 7.03. The van der Waals surface area contributed by atoms with Crippen LogP contribution in [0.5, 0.6) is 0 Å². The highest BCUT2D eigenvalue weighted by Crippen LogP contribution is 2.17. The molecule has 0 saturated carbocycles. The monoisotopic (exact) mass is 276 g/mol. The van der Waals surface area contributed by atoms with Crippen LogP contribution in [0.4, 0.5) is 0 Å². The Balaban J connectivity index is 1.93. The summed E-state index contributed by atoms with van der Waals surface area (Å²) in [6.07, 6.45) is 4.78. The van der Waals surface area contributed by atoms with Gasteiger partial charge in [0.05, 0.1) is 18.0 Å². The molecular formula is C15H24N4O. The number of nitrogens with one attached hydrogen (secondary N) is 1. The first-order chi connectivity index (χ1) is 9.61. The van der Waals surface area contributed by atoms with Crippen molar-refractivity contribution < 1.29 is 4.42 Å². The normalized spacial score (nSPS) is 13.1. The molecule has 0 aliphatic heterocycles. The molecule has 0 bridgehead atoms. The molecule has 1 N–H and O–H groups in total. The fraction of sp³-hybridized carbons (Fsp3) is 0.533. The predicted octanol–water partition coefficient (Wildman–Crippen LogP) is 1.97. The maximum Gasteiger partial charge on any atom is 0.122 e. The Hall–Kier alpha value is -1.59. The van der Waals surface area contributed by atoms with Crippen LogP contribution in [0.25, 0.3) is 0 Å². The second-order valence-electron chi connectivity index (χ2n) is 5.25. The molecule has 0 fully saturated rings. The molecule has 0 aliphatic carbocycles. The van der Waals surface area contributed by atoms with Crippen molar-refractivity contribution in [1.82, 2.24) is 20.0 Å². The largest absolute Gasteiger partial charge is 0.468 e. The van der Waals surface area contributed by atoms with Crippen LogP contribution in [0.15, 0.2) is 29.0 Å². The van der Waals surface area contributed by atoms with E-state index in [9.17, 15) is 0 Å². The lowest BCUT2D eigenvalue weighted by molar-refractivity contribution is 0.250. The van der Waals surface area contributed by atoms with E-state index in [4.69, 9.17) is 4.42 Å². The van der Waals surface area contributed by atoms with Crippen molar-refractivity contribution in [2.75, 3.05) is 20.6 Å². The van der Waals surface area contributed by atoms with Gasteiger partial charge in [0, 0.05) is 31.9 Å². The minimum absolute atomic E-state index is 0.242. The Labute approximate surface area is 120 Å². The van der Waals surface area contributed by atoms with Crippen molar-refractivity contribution >= 4 is 0 Å². The second-order valence-corrected chi connectivity index (χ2v) is 5.25. The smallest absolute Gasteiger partial charge is 0.122 e. The van der Waals surface area contributed by atoms with Gasteiger partial charge in [0.2, 0.25) is 0 Å². The van der Waals surface area contributed by atoms with Crippen molar-refractivity contribution in [2.45, 2.75) is 25.9 Å². The maximum absolute atomic E-state index is 5.51. The zero-order valence-corrected chi connectivity index (χ0v) is 12.8. The van der Waals surface area contributed by atoms with Gasteiger partial charge in [0.1, 0.15) is 5.76 Å². The molecule has 2 aromatic heterocycles. The minimum Gasteiger partial charge on any atom is -0.468 e. The third-order valence-electron chi connectivity index (χ3n) is 3.47. The summed E-state index contributed by atoms with van der Waals surface area (Å²) >= 11 is 0. The summed E-state index contributed by atoms with van der Waals surface area (Å²) < 4.78 is 7.39. The van der Waals surface area contributed by atoms with Gasteiger partial charge in [-0.25, -0.2) is 0 Å². The maximum atomic E-state index is 5.51. The Morgan fingerprint density at radius 2 is 2.25 bits per heavy atom. The summed E-state index contributed by atoms with van der Waals surface area (Å²) in [4.78, 5) is 2.16. The average Bonchev–Trinajstić information content (AvgIpc) is 3.03. The van der Waals surface area contributed by atoms with Gasteiger partial charge in [-0.3, -0.25) is 9.58 Å². The standard InChI is InChI=1S/C15H24N4O/c1-5-13-12(11-19(4)17-13)9-16-10-14(18(2)3)15-7-6-8-20-15/h6-8,11,14,16H,5,9-10H2,1-4H3. The van der Waals surface area contributed by atoms with Gasteiger partial charge in [-0.15, -0.1) is 0 Å². The molecule has 2 rings (SSSR count). The number of hydrogen-bond acceptors (Lipinski definition) is 4. The molecule has 2 heterocycles. The average molecular weight is 276 g/mol. The van der Waals surface area contributed by atoms with E-state index in [0.717, 1.165) is 25.3 Å². The van der Waals surface area contributed by atoms with Crippen LogP contribution in [0.3, 0.4) is 0 Å². The van der Waals surface area contributed by atoms with Crippen LogP contribution in [0.1, 0.15) is 30.0 Å². The van der Waals surface area contributed by atoms with Crippen molar-refractivity contribution in [3.05, 3.63) is 41.6 Å². The van der Waals surface area contributed by atoms with Crippen molar-refractivity contribution in [3.8, 4) is 0 Å². The number of nitrogens with zero attached hydrogens (tertiary/aromatic N) is 3. The molecule has 5 heteroatoms. The molecule has 0 aromatic carbocycles. The number of aryl methyl sites for hydroxylation is 2. The quantitative estimate of drug-likeness (QED) is 0.840. The van der Waals surface area contributed by atoms with Crippen LogP contribution in [0, 0.1) is 0 Å². The molecule has 2 aromatic rings. The highest BCUT2D eigenvalue weighted by Gasteiger charge is 2.16. The molecule has 1 atom stereocenters. The van der Waals surface area contributed by atoms with E-state index in [1.165, 1.54) is 11.3 Å². The number of hydrogen-bond donors (Lipinski definition) is 1. The van der Waals surface area contributed by atoms with Gasteiger partial charge >= 0.3 is 0 Å². The molecule has 0 amide bonds. The van der Waals surface area contributed by atoms with Crippen molar-refractivity contribution in [3.63, 3.8) is 0 Å². The molecule has 5 nitrogen and oxygen atoms in total. The van der Waals surface area contributed by atoms with Crippen LogP contribution in [-0.2, 0) is 20.0 Å². The summed E-state index contributed by atoms with van der Waals surface area (Å²) in [5, 5.41) is 7.96. The number of furan rings is 1. The molecule has 1 unspecified atom stereocenters. The zero-order valence-electron chi connectivity index (χ0n) is 12.8. The fourth-order valence-corrected chi connectivity index (χ4v) is 2.39. The highest BCUT2D eigenvalue weighted by molar-refractivity contribution is 5.16. The Morgan fingerprint density at radius 1 is 1.45 bits per heavy atom. The Kier molecular flexibility index (Phi) is 4.98. The lowest BCUT2D eigenvalue weighted by atomic mass is 10.2. The Bertz CT molecular complexity index is 516. The fourth-order valence-electron chi connectivity index (χ4n) is 2.39. The second kappa shape index (κ2) is 6.72. The summed E-state index contributed by atoms with van der Waals surface area (Å²) in [5.41, 5.74) is 2.44. The molecule has 20 heavy (non-hydrogen) atoms. The molecule has 0 saturated heterocycles. The van der Waals surface area contributed by atoms with Crippen LogP contribution >= 0.6 is 0 Å². The molecule has 0 spiro atoms. The van der Waals surface area contributed by atoms with E-state index in [0.29, 0.717) is 0 Å². The van der Waals surface area contributed by atoms with E-state index in [-0.39, 0.29) is 6.04 Å². The van der Waals surface area contributed by atoms with Gasteiger partial charge in [0.15, 0.2) is 0 Å². The van der Waals surface area contributed by atoms with Gasteiger partial charge in [-0.2, -0.15) is 5.10 Å². The summed E-state index contributed by atoms with van der Waals surface area (Å²) in [7, 11) is 6.10. The van der Waals surface area contributed by atoms with E-state index in [1.54, 1.807) is 6.26 Å². The predicted molar refractivity (Wildman–Crippen MR) is 79.4 cm³/mol. The van der Waals surface area contributed by atoms with Gasteiger partial charge < -0.3 is 9.73 Å². The number of likely N-dealkylation sites (N-methyl/N-ethyl adjacent to an activating group) is 1. The number of rotatable bonds is 7. The minimum atomic E-state index is 0.242. The molecule has 0 radical (unpaired) electrons. The Morgan fingerprint density at radius 3 is 2.85 bits per heavy atom. The lowest BCUT2D eigenvalue weighted by Gasteiger charge is -2.22. The van der Waals surface area contributed by atoms with Crippen LogP contribution in [-0.4, -0.2) is 35.3 Å². The van der Waals surface area contributed by atoms with E-state index < -0.39 is 0 Å². The van der Waals surface area contributed by atoms with Crippen LogP contribution < -0.4 is 5.32 Å². The first-order valence-corrected chi connectivity index (χ1v) is 7.03. The van der Waals surface area contributed by atoms with Gasteiger partial charge in [-0.05, 0) is 32.6 Å². The van der Waals surface area contributed by atoms with Crippen molar-refractivity contribution in [1.29, 1.82) is 0 Å². The molecular weight excluding hydrogens is 252 g/mol. The van der Waals surface area contributed by atoms with Crippen molar-refractivity contribution in [2.24, 2.45) is 7.05 Å². The molecule has 0 aliphatic rings. The van der Waals surface area contributed by atoms with E-state index in [2.05, 4.69) is 42.5 Å². The van der Waals surface area contributed by atoms with E-state index >= 15 is 0 Å². The van der Waals surface area contributed by atoms with E-state index in [1.807, 2.05) is 23.9 Å². The SMILES string of the molecule is CCc1nn(C)cc1CNCC(c1ccco1)N(C)C.